The standard InChI is InChI=1S/C19H18N6O4S/c1-12-4-5-17(29-3)16(8-12)25-7-6-15(22-25)19(26)23-30(27,28)14-9-13-10-21-24(2)18(13)20-11-14/h4-11H,1-3H3,(H,23,26). The molecule has 4 rings (SSSR count). The first-order valence-electron chi connectivity index (χ1n) is 8.84. The third-order valence-corrected chi connectivity index (χ3v) is 5.78. The molecule has 0 radical (unpaired) electrons. The molecule has 1 aromatic carbocycles. The van der Waals surface area contributed by atoms with E-state index in [0.717, 1.165) is 5.56 Å². The van der Waals surface area contributed by atoms with Gasteiger partial charge in [0.1, 0.15) is 16.3 Å². The number of aryl methyl sites for hydroxylation is 2. The van der Waals surface area contributed by atoms with E-state index in [1.807, 2.05) is 23.8 Å². The zero-order chi connectivity index (χ0) is 21.5. The van der Waals surface area contributed by atoms with Gasteiger partial charge in [-0.1, -0.05) is 6.07 Å². The van der Waals surface area contributed by atoms with Crippen LogP contribution in [-0.4, -0.2) is 46.0 Å². The fraction of sp³-hybridized carbons (Fsp3) is 0.158. The highest BCUT2D eigenvalue weighted by Gasteiger charge is 2.22. The third kappa shape index (κ3) is 3.50. The summed E-state index contributed by atoms with van der Waals surface area (Å²) in [6.07, 6.45) is 4.23. The maximum Gasteiger partial charge on any atom is 0.285 e. The maximum absolute atomic E-state index is 12.6. The van der Waals surface area contributed by atoms with Crippen molar-refractivity contribution in [3.8, 4) is 11.4 Å². The topological polar surface area (TPSA) is 121 Å². The van der Waals surface area contributed by atoms with Crippen molar-refractivity contribution in [2.45, 2.75) is 11.8 Å². The summed E-state index contributed by atoms with van der Waals surface area (Å²) in [6, 6.07) is 8.35. The second-order valence-electron chi connectivity index (χ2n) is 6.61. The molecular weight excluding hydrogens is 408 g/mol. The lowest BCUT2D eigenvalue weighted by molar-refractivity contribution is 0.0976. The zero-order valence-corrected chi connectivity index (χ0v) is 17.2. The summed E-state index contributed by atoms with van der Waals surface area (Å²) in [5.41, 5.74) is 2.09. The van der Waals surface area contributed by atoms with Gasteiger partial charge >= 0.3 is 0 Å². The van der Waals surface area contributed by atoms with Gasteiger partial charge in [-0.3, -0.25) is 9.48 Å². The van der Waals surface area contributed by atoms with E-state index in [2.05, 4.69) is 15.2 Å². The van der Waals surface area contributed by atoms with Crippen LogP contribution in [0.1, 0.15) is 16.1 Å². The molecule has 0 aliphatic carbocycles. The van der Waals surface area contributed by atoms with Crippen molar-refractivity contribution in [2.24, 2.45) is 7.05 Å². The van der Waals surface area contributed by atoms with Gasteiger partial charge < -0.3 is 4.74 Å². The summed E-state index contributed by atoms with van der Waals surface area (Å²) >= 11 is 0. The molecule has 0 aliphatic heterocycles. The minimum Gasteiger partial charge on any atom is -0.494 e. The number of sulfonamides is 1. The number of nitrogens with one attached hydrogen (secondary N) is 1. The smallest absolute Gasteiger partial charge is 0.285 e. The average Bonchev–Trinajstić information content (AvgIpc) is 3.35. The van der Waals surface area contributed by atoms with Gasteiger partial charge in [-0.15, -0.1) is 0 Å². The lowest BCUT2D eigenvalue weighted by atomic mass is 10.2. The fourth-order valence-electron chi connectivity index (χ4n) is 2.96. The fourth-order valence-corrected chi connectivity index (χ4v) is 3.90. The molecular formula is C19H18N6O4S. The number of hydrogen-bond donors (Lipinski definition) is 1. The van der Waals surface area contributed by atoms with Crippen molar-refractivity contribution in [1.82, 2.24) is 29.3 Å². The number of nitrogens with zero attached hydrogens (tertiary/aromatic N) is 5. The molecule has 1 amide bonds. The Labute approximate surface area is 172 Å². The zero-order valence-electron chi connectivity index (χ0n) is 16.4. The molecule has 3 heterocycles. The van der Waals surface area contributed by atoms with E-state index in [9.17, 15) is 13.2 Å². The van der Waals surface area contributed by atoms with Gasteiger partial charge in [0, 0.05) is 24.8 Å². The summed E-state index contributed by atoms with van der Waals surface area (Å²) < 4.78 is 35.6. The highest BCUT2D eigenvalue weighted by Crippen LogP contribution is 2.23. The summed E-state index contributed by atoms with van der Waals surface area (Å²) in [7, 11) is -0.906. The lowest BCUT2D eigenvalue weighted by Crippen LogP contribution is -2.31. The van der Waals surface area contributed by atoms with Crippen molar-refractivity contribution in [2.75, 3.05) is 7.11 Å². The Morgan fingerprint density at radius 2 is 1.97 bits per heavy atom. The highest BCUT2D eigenvalue weighted by molar-refractivity contribution is 7.90. The van der Waals surface area contributed by atoms with Crippen LogP contribution < -0.4 is 9.46 Å². The largest absolute Gasteiger partial charge is 0.494 e. The van der Waals surface area contributed by atoms with Crippen molar-refractivity contribution >= 4 is 27.0 Å². The number of methoxy groups -OCH3 is 1. The van der Waals surface area contributed by atoms with Crippen molar-refractivity contribution < 1.29 is 17.9 Å². The first-order valence-corrected chi connectivity index (χ1v) is 10.3. The van der Waals surface area contributed by atoms with Crippen LogP contribution in [0.5, 0.6) is 5.75 Å². The number of amides is 1. The summed E-state index contributed by atoms with van der Waals surface area (Å²) in [6.45, 7) is 1.92. The molecule has 4 aromatic rings. The summed E-state index contributed by atoms with van der Waals surface area (Å²) in [5, 5.41) is 8.77. The molecule has 0 bridgehead atoms. The number of fused-ring (bicyclic) bond motifs is 1. The van der Waals surface area contributed by atoms with Crippen LogP contribution in [-0.2, 0) is 17.1 Å². The highest BCUT2D eigenvalue weighted by atomic mass is 32.2. The van der Waals surface area contributed by atoms with E-state index < -0.39 is 15.9 Å². The molecule has 1 N–H and O–H groups in total. The van der Waals surface area contributed by atoms with Crippen LogP contribution in [0.2, 0.25) is 0 Å². The first kappa shape index (κ1) is 19.6. The number of ether oxygens (including phenoxy) is 1. The Bertz CT molecular complexity index is 1370. The molecule has 0 fully saturated rings. The third-order valence-electron chi connectivity index (χ3n) is 4.49. The second-order valence-corrected chi connectivity index (χ2v) is 8.29. The van der Waals surface area contributed by atoms with E-state index in [1.165, 1.54) is 41.0 Å². The molecule has 0 atom stereocenters. The number of benzene rings is 1. The molecule has 11 heteroatoms. The van der Waals surface area contributed by atoms with Crippen molar-refractivity contribution in [3.05, 3.63) is 60.2 Å². The van der Waals surface area contributed by atoms with Gasteiger partial charge in [-0.25, -0.2) is 22.8 Å². The second kappa shape index (κ2) is 7.26. The first-order chi connectivity index (χ1) is 14.3. The summed E-state index contributed by atoms with van der Waals surface area (Å²) in [4.78, 5) is 16.5. The average molecular weight is 426 g/mol. The lowest BCUT2D eigenvalue weighted by Gasteiger charge is -2.09. The van der Waals surface area contributed by atoms with Crippen LogP contribution in [0, 0.1) is 6.92 Å². The maximum atomic E-state index is 12.6. The number of aromatic nitrogens is 5. The van der Waals surface area contributed by atoms with Gasteiger partial charge in [0.2, 0.25) is 0 Å². The number of pyridine rings is 1. The molecule has 0 aliphatic rings. The van der Waals surface area contributed by atoms with Gasteiger partial charge in [0.15, 0.2) is 11.3 Å². The van der Waals surface area contributed by atoms with Crippen LogP contribution in [0.25, 0.3) is 16.7 Å². The monoisotopic (exact) mass is 426 g/mol. The molecule has 0 saturated heterocycles. The molecule has 30 heavy (non-hydrogen) atoms. The van der Waals surface area contributed by atoms with Gasteiger partial charge in [-0.05, 0) is 36.8 Å². The molecule has 3 aromatic heterocycles. The Hall–Kier alpha value is -3.73. The van der Waals surface area contributed by atoms with Crippen LogP contribution in [0.3, 0.4) is 0 Å². The minimum absolute atomic E-state index is 0.0578. The Balaban J connectivity index is 1.60. The van der Waals surface area contributed by atoms with E-state index in [0.29, 0.717) is 22.5 Å². The number of rotatable bonds is 5. The van der Waals surface area contributed by atoms with Crippen LogP contribution in [0.15, 0.2) is 53.8 Å². The van der Waals surface area contributed by atoms with E-state index in [1.54, 1.807) is 19.3 Å². The SMILES string of the molecule is COc1ccc(C)cc1-n1ccc(C(=O)NS(=O)(=O)c2cnc3c(cnn3C)c2)n1. The minimum atomic E-state index is -4.14. The van der Waals surface area contributed by atoms with Crippen molar-refractivity contribution in [3.63, 3.8) is 0 Å². The van der Waals surface area contributed by atoms with Gasteiger partial charge in [0.05, 0.1) is 13.3 Å². The van der Waals surface area contributed by atoms with E-state index in [-0.39, 0.29) is 10.6 Å². The molecule has 154 valence electrons. The molecule has 10 nitrogen and oxygen atoms in total. The Kier molecular flexibility index (Phi) is 4.74. The quantitative estimate of drug-likeness (QED) is 0.514. The van der Waals surface area contributed by atoms with E-state index >= 15 is 0 Å². The normalized spacial score (nSPS) is 11.6. The molecule has 0 spiro atoms. The Morgan fingerprint density at radius 1 is 1.17 bits per heavy atom. The summed E-state index contributed by atoms with van der Waals surface area (Å²) in [5.74, 6) is -0.286. The predicted octanol–water partition coefficient (Wildman–Crippen LogP) is 1.59. The molecule has 0 unspecified atom stereocenters. The number of carbonyl (C=O) groups excluding carboxylic acids is 1. The van der Waals surface area contributed by atoms with Gasteiger partial charge in [-0.2, -0.15) is 10.2 Å². The molecule has 0 saturated carbocycles. The Morgan fingerprint density at radius 3 is 2.73 bits per heavy atom. The predicted molar refractivity (Wildman–Crippen MR) is 108 cm³/mol. The number of hydrogen-bond acceptors (Lipinski definition) is 7. The van der Waals surface area contributed by atoms with E-state index in [4.69, 9.17) is 4.74 Å². The number of carbonyl (C=O) groups is 1. The van der Waals surface area contributed by atoms with Crippen molar-refractivity contribution in [1.29, 1.82) is 0 Å². The van der Waals surface area contributed by atoms with Crippen LogP contribution >= 0.6 is 0 Å². The van der Waals surface area contributed by atoms with Gasteiger partial charge in [0.25, 0.3) is 15.9 Å². The van der Waals surface area contributed by atoms with Crippen LogP contribution in [0.4, 0.5) is 0 Å².